The van der Waals surface area contributed by atoms with E-state index >= 15 is 0 Å². The van der Waals surface area contributed by atoms with Gasteiger partial charge in [-0.2, -0.15) is 8.78 Å². The number of halogens is 2. The average Bonchev–Trinajstić information content (AvgIpc) is 2.61. The summed E-state index contributed by atoms with van der Waals surface area (Å²) in [6.45, 7) is 0.340. The first kappa shape index (κ1) is 19.4. The number of ether oxygens (including phenoxy) is 3. The van der Waals surface area contributed by atoms with Gasteiger partial charge >= 0.3 is 12.6 Å². The van der Waals surface area contributed by atoms with E-state index in [1.165, 1.54) is 32.2 Å². The standard InChI is InChI=1S/C19H18F2O5/c1-11-4-6-13(7-5-11)17(22)12(2)25-18(23)14-8-9-15(26-19(20)21)16(10-14)24-3/h4-10,12,19H,1-3H3/t12-/m0/s1. The lowest BCUT2D eigenvalue weighted by Gasteiger charge is -2.14. The summed E-state index contributed by atoms with van der Waals surface area (Å²) in [4.78, 5) is 24.5. The van der Waals surface area contributed by atoms with Crippen LogP contribution in [0.1, 0.15) is 33.2 Å². The van der Waals surface area contributed by atoms with E-state index in [4.69, 9.17) is 9.47 Å². The number of esters is 1. The van der Waals surface area contributed by atoms with Gasteiger partial charge in [-0.05, 0) is 32.0 Å². The molecular weight excluding hydrogens is 346 g/mol. The fourth-order valence-electron chi connectivity index (χ4n) is 2.22. The van der Waals surface area contributed by atoms with Crippen molar-refractivity contribution in [1.82, 2.24) is 0 Å². The predicted molar refractivity (Wildman–Crippen MR) is 90.0 cm³/mol. The minimum Gasteiger partial charge on any atom is -0.493 e. The zero-order valence-electron chi connectivity index (χ0n) is 14.5. The van der Waals surface area contributed by atoms with Crippen molar-refractivity contribution in [3.05, 3.63) is 59.2 Å². The molecule has 2 rings (SSSR count). The summed E-state index contributed by atoms with van der Waals surface area (Å²) < 4.78 is 39.1. The molecule has 26 heavy (non-hydrogen) atoms. The lowest BCUT2D eigenvalue weighted by Crippen LogP contribution is -2.24. The molecule has 0 aliphatic heterocycles. The van der Waals surface area contributed by atoms with Crippen molar-refractivity contribution in [2.45, 2.75) is 26.6 Å². The largest absolute Gasteiger partial charge is 0.493 e. The summed E-state index contributed by atoms with van der Waals surface area (Å²) >= 11 is 0. The Morgan fingerprint density at radius 1 is 0.962 bits per heavy atom. The van der Waals surface area contributed by atoms with Gasteiger partial charge in [-0.25, -0.2) is 4.79 Å². The summed E-state index contributed by atoms with van der Waals surface area (Å²) in [5.74, 6) is -1.37. The van der Waals surface area contributed by atoms with Crippen molar-refractivity contribution in [3.8, 4) is 11.5 Å². The van der Waals surface area contributed by atoms with E-state index in [0.29, 0.717) is 5.56 Å². The van der Waals surface area contributed by atoms with Crippen LogP contribution in [0.15, 0.2) is 42.5 Å². The van der Waals surface area contributed by atoms with Crippen molar-refractivity contribution < 1.29 is 32.6 Å². The molecule has 0 aliphatic carbocycles. The van der Waals surface area contributed by atoms with Crippen molar-refractivity contribution in [2.75, 3.05) is 7.11 Å². The summed E-state index contributed by atoms with van der Waals surface area (Å²) in [5.41, 5.74) is 1.48. The van der Waals surface area contributed by atoms with Gasteiger partial charge in [0.15, 0.2) is 17.6 Å². The van der Waals surface area contributed by atoms with E-state index < -0.39 is 18.7 Å². The molecule has 0 aliphatic rings. The van der Waals surface area contributed by atoms with E-state index in [1.807, 2.05) is 6.92 Å². The number of benzene rings is 2. The molecule has 0 heterocycles. The maximum Gasteiger partial charge on any atom is 0.387 e. The molecule has 0 saturated heterocycles. The molecule has 0 radical (unpaired) electrons. The number of Topliss-reactive ketones (excluding diaryl/α,β-unsaturated/α-hetero) is 1. The minimum absolute atomic E-state index is 0.0442. The molecule has 0 bridgehead atoms. The lowest BCUT2D eigenvalue weighted by molar-refractivity contribution is -0.0512. The maximum atomic E-state index is 12.3. The summed E-state index contributed by atoms with van der Waals surface area (Å²) in [6.07, 6.45) is -1.01. The highest BCUT2D eigenvalue weighted by molar-refractivity contribution is 6.01. The highest BCUT2D eigenvalue weighted by atomic mass is 19.3. The van der Waals surface area contributed by atoms with Crippen molar-refractivity contribution in [3.63, 3.8) is 0 Å². The molecule has 5 nitrogen and oxygen atoms in total. The second-order valence-corrected chi connectivity index (χ2v) is 5.52. The second-order valence-electron chi connectivity index (χ2n) is 5.52. The molecule has 0 saturated carbocycles. The Morgan fingerprint density at radius 3 is 2.15 bits per heavy atom. The lowest BCUT2D eigenvalue weighted by atomic mass is 10.1. The number of carbonyl (C=O) groups is 2. The summed E-state index contributed by atoms with van der Waals surface area (Å²) in [6, 6.07) is 10.5. The molecule has 0 N–H and O–H groups in total. The average molecular weight is 364 g/mol. The molecule has 0 spiro atoms. The normalized spacial score (nSPS) is 11.8. The van der Waals surface area contributed by atoms with Crippen molar-refractivity contribution in [1.29, 1.82) is 0 Å². The fraction of sp³-hybridized carbons (Fsp3) is 0.263. The van der Waals surface area contributed by atoms with E-state index in [2.05, 4.69) is 4.74 Å². The Balaban J connectivity index is 2.11. The van der Waals surface area contributed by atoms with E-state index in [0.717, 1.165) is 5.56 Å². The van der Waals surface area contributed by atoms with Crippen molar-refractivity contribution >= 4 is 11.8 Å². The van der Waals surface area contributed by atoms with E-state index in [-0.39, 0.29) is 22.8 Å². The first-order valence-corrected chi connectivity index (χ1v) is 7.76. The number of rotatable bonds is 7. The van der Waals surface area contributed by atoms with Gasteiger partial charge in [0.25, 0.3) is 0 Å². The quantitative estimate of drug-likeness (QED) is 0.548. The van der Waals surface area contributed by atoms with Crippen LogP contribution in [0.25, 0.3) is 0 Å². The van der Waals surface area contributed by atoms with Gasteiger partial charge in [-0.1, -0.05) is 29.8 Å². The van der Waals surface area contributed by atoms with Crippen LogP contribution in [0.4, 0.5) is 8.78 Å². The first-order valence-electron chi connectivity index (χ1n) is 7.76. The number of aryl methyl sites for hydroxylation is 1. The number of alkyl halides is 2. The minimum atomic E-state index is -3.02. The topological polar surface area (TPSA) is 61.8 Å². The summed E-state index contributed by atoms with van der Waals surface area (Å²) in [7, 11) is 1.26. The van der Waals surface area contributed by atoms with Gasteiger partial charge in [0, 0.05) is 5.56 Å². The SMILES string of the molecule is COc1cc(C(=O)O[C@@H](C)C(=O)c2ccc(C)cc2)ccc1OC(F)F. The third-order valence-corrected chi connectivity index (χ3v) is 3.60. The van der Waals surface area contributed by atoms with Crippen LogP contribution in [0.5, 0.6) is 11.5 Å². The first-order chi connectivity index (χ1) is 12.3. The van der Waals surface area contributed by atoms with Gasteiger partial charge in [0.05, 0.1) is 12.7 Å². The Bertz CT molecular complexity index is 787. The highest BCUT2D eigenvalue weighted by Crippen LogP contribution is 2.29. The molecule has 1 atom stereocenters. The van der Waals surface area contributed by atoms with Crippen LogP contribution in [0, 0.1) is 6.92 Å². The van der Waals surface area contributed by atoms with Gasteiger partial charge in [-0.3, -0.25) is 4.79 Å². The molecule has 2 aromatic carbocycles. The third kappa shape index (κ3) is 4.78. The Morgan fingerprint density at radius 2 is 1.58 bits per heavy atom. The molecule has 0 fully saturated rings. The van der Waals surface area contributed by atoms with Crippen LogP contribution in [-0.2, 0) is 4.74 Å². The Hall–Kier alpha value is -2.96. The molecule has 2 aromatic rings. The Labute approximate surface area is 149 Å². The zero-order chi connectivity index (χ0) is 19.3. The van der Waals surface area contributed by atoms with Crippen LogP contribution in [0.3, 0.4) is 0 Å². The molecular formula is C19H18F2O5. The molecule has 0 amide bonds. The zero-order valence-corrected chi connectivity index (χ0v) is 14.5. The number of ketones is 1. The number of carbonyl (C=O) groups excluding carboxylic acids is 2. The van der Waals surface area contributed by atoms with E-state index in [1.54, 1.807) is 24.3 Å². The van der Waals surface area contributed by atoms with Gasteiger partial charge in [-0.15, -0.1) is 0 Å². The number of hydrogen-bond donors (Lipinski definition) is 0. The van der Waals surface area contributed by atoms with Gasteiger partial charge in [0.2, 0.25) is 5.78 Å². The van der Waals surface area contributed by atoms with E-state index in [9.17, 15) is 18.4 Å². The van der Waals surface area contributed by atoms with Crippen LogP contribution >= 0.6 is 0 Å². The van der Waals surface area contributed by atoms with Gasteiger partial charge < -0.3 is 14.2 Å². The van der Waals surface area contributed by atoms with Crippen LogP contribution in [0.2, 0.25) is 0 Å². The molecule has 7 heteroatoms. The third-order valence-electron chi connectivity index (χ3n) is 3.60. The second kappa shape index (κ2) is 8.42. The monoisotopic (exact) mass is 364 g/mol. The highest BCUT2D eigenvalue weighted by Gasteiger charge is 2.21. The molecule has 0 unspecified atom stereocenters. The predicted octanol–water partition coefficient (Wildman–Crippen LogP) is 4.03. The number of methoxy groups -OCH3 is 1. The van der Waals surface area contributed by atoms with Crippen molar-refractivity contribution in [2.24, 2.45) is 0 Å². The Kier molecular flexibility index (Phi) is 6.27. The van der Waals surface area contributed by atoms with Crippen LogP contribution in [-0.4, -0.2) is 31.6 Å². The molecule has 0 aromatic heterocycles. The number of hydrogen-bond acceptors (Lipinski definition) is 5. The van der Waals surface area contributed by atoms with Gasteiger partial charge in [0.1, 0.15) is 0 Å². The maximum absolute atomic E-state index is 12.3. The smallest absolute Gasteiger partial charge is 0.387 e. The van der Waals surface area contributed by atoms with Crippen LogP contribution < -0.4 is 9.47 Å². The fourth-order valence-corrected chi connectivity index (χ4v) is 2.22. The molecule has 138 valence electrons. The summed E-state index contributed by atoms with van der Waals surface area (Å²) in [5, 5.41) is 0.